The number of hydrogen-bond donors (Lipinski definition) is 4. The zero-order valence-corrected chi connectivity index (χ0v) is 11.7. The van der Waals surface area contributed by atoms with Gasteiger partial charge in [0.1, 0.15) is 5.75 Å². The number of rotatable bonds is 4. The molecule has 1 rings (SSSR count). The third-order valence-corrected chi connectivity index (χ3v) is 3.09. The number of pyridine rings is 1. The molecule has 0 unspecified atom stereocenters. The first-order chi connectivity index (χ1) is 7.85. The van der Waals surface area contributed by atoms with Crippen molar-refractivity contribution in [1.82, 2.24) is 4.98 Å². The van der Waals surface area contributed by atoms with E-state index in [4.69, 9.17) is 5.73 Å². The molecule has 0 bridgehead atoms. The fraction of sp³-hybridized carbons (Fsp3) is 0.583. The molecule has 0 fully saturated rings. The first-order valence-corrected chi connectivity index (χ1v) is 5.49. The Morgan fingerprint density at radius 2 is 1.94 bits per heavy atom. The quantitative estimate of drug-likeness (QED) is 0.658. The van der Waals surface area contributed by atoms with Gasteiger partial charge < -0.3 is 21.1 Å². The Kier molecular flexibility index (Phi) is 6.02. The number of nitrogens with zero attached hydrogens (tertiary/aromatic N) is 1. The van der Waals surface area contributed by atoms with E-state index in [-0.39, 0.29) is 31.4 Å². The average Bonchev–Trinajstić information content (AvgIpc) is 2.31. The molecule has 0 saturated carbocycles. The molecule has 0 aromatic carbocycles. The van der Waals surface area contributed by atoms with Gasteiger partial charge in [0.05, 0.1) is 12.3 Å². The van der Waals surface area contributed by atoms with Crippen LogP contribution in [0, 0.1) is 12.3 Å². The van der Waals surface area contributed by atoms with Crippen LogP contribution in [0.15, 0.2) is 6.20 Å². The summed E-state index contributed by atoms with van der Waals surface area (Å²) in [5.41, 5.74) is 6.89. The third kappa shape index (κ3) is 3.11. The smallest absolute Gasteiger partial charge is 0.141 e. The summed E-state index contributed by atoms with van der Waals surface area (Å²) in [4.78, 5) is 3.97. The first-order valence-electron chi connectivity index (χ1n) is 5.49. The molecular formula is C12H21ClN2O3. The highest BCUT2D eigenvalue weighted by molar-refractivity contribution is 5.85. The summed E-state index contributed by atoms with van der Waals surface area (Å²) in [6.45, 7) is 4.91. The van der Waals surface area contributed by atoms with Crippen molar-refractivity contribution in [1.29, 1.82) is 0 Å². The van der Waals surface area contributed by atoms with E-state index < -0.39 is 11.5 Å². The summed E-state index contributed by atoms with van der Waals surface area (Å²) >= 11 is 0. The van der Waals surface area contributed by atoms with Gasteiger partial charge >= 0.3 is 0 Å². The van der Waals surface area contributed by atoms with Crippen LogP contribution in [-0.2, 0) is 6.61 Å². The standard InChI is InChI=1S/C12H20N2O3.ClH/c1-7-10(17)9(8(5-15)4-14-7)11(13)12(2,3)6-16;/h4,11,15-17H,5-6,13H2,1-3H3;1H/t11-;/m0./s1. The van der Waals surface area contributed by atoms with Crippen LogP contribution in [0.4, 0.5) is 0 Å². The number of aromatic hydroxyl groups is 1. The Morgan fingerprint density at radius 1 is 1.39 bits per heavy atom. The molecule has 1 heterocycles. The Labute approximate surface area is 113 Å². The van der Waals surface area contributed by atoms with Crippen LogP contribution >= 0.6 is 12.4 Å². The molecule has 1 aromatic rings. The van der Waals surface area contributed by atoms with Gasteiger partial charge in [-0.1, -0.05) is 13.8 Å². The van der Waals surface area contributed by atoms with Gasteiger partial charge in [0.2, 0.25) is 0 Å². The number of aryl methyl sites for hydroxylation is 1. The van der Waals surface area contributed by atoms with E-state index in [2.05, 4.69) is 4.98 Å². The molecule has 104 valence electrons. The van der Waals surface area contributed by atoms with Crippen molar-refractivity contribution in [2.24, 2.45) is 11.1 Å². The number of aliphatic hydroxyl groups excluding tert-OH is 2. The van der Waals surface area contributed by atoms with E-state index >= 15 is 0 Å². The molecular weight excluding hydrogens is 256 g/mol. The van der Waals surface area contributed by atoms with Gasteiger partial charge in [-0.15, -0.1) is 12.4 Å². The van der Waals surface area contributed by atoms with Crippen molar-refractivity contribution in [3.05, 3.63) is 23.0 Å². The van der Waals surface area contributed by atoms with Crippen LogP contribution in [0.1, 0.15) is 36.7 Å². The normalized spacial score (nSPS) is 13.0. The summed E-state index contributed by atoms with van der Waals surface area (Å²) in [6.07, 6.45) is 1.50. The van der Waals surface area contributed by atoms with Crippen molar-refractivity contribution in [2.75, 3.05) is 6.61 Å². The van der Waals surface area contributed by atoms with Crippen molar-refractivity contribution in [3.8, 4) is 5.75 Å². The summed E-state index contributed by atoms with van der Waals surface area (Å²) < 4.78 is 0. The van der Waals surface area contributed by atoms with Gasteiger partial charge in [0, 0.05) is 35.4 Å². The van der Waals surface area contributed by atoms with Gasteiger partial charge in [-0.2, -0.15) is 0 Å². The minimum atomic E-state index is -0.588. The Bertz CT molecular complexity index is 411. The van der Waals surface area contributed by atoms with Crippen LogP contribution in [-0.4, -0.2) is 26.9 Å². The number of aliphatic hydroxyl groups is 2. The number of nitrogens with two attached hydrogens (primary N) is 1. The van der Waals surface area contributed by atoms with Crippen LogP contribution in [0.3, 0.4) is 0 Å². The Balaban J connectivity index is 0.00000289. The molecule has 1 atom stereocenters. The Hall–Kier alpha value is -0.880. The molecule has 1 aromatic heterocycles. The number of halogens is 1. The predicted octanol–water partition coefficient (Wildman–Crippen LogP) is 1.03. The molecule has 6 heteroatoms. The summed E-state index contributed by atoms with van der Waals surface area (Å²) in [5, 5.41) is 28.6. The molecule has 0 radical (unpaired) electrons. The van der Waals surface area contributed by atoms with E-state index in [9.17, 15) is 15.3 Å². The minimum absolute atomic E-state index is 0. The van der Waals surface area contributed by atoms with E-state index in [0.29, 0.717) is 16.8 Å². The minimum Gasteiger partial charge on any atom is -0.506 e. The van der Waals surface area contributed by atoms with Crippen LogP contribution in [0.25, 0.3) is 0 Å². The highest BCUT2D eigenvalue weighted by Gasteiger charge is 2.31. The molecule has 18 heavy (non-hydrogen) atoms. The number of hydrogen-bond acceptors (Lipinski definition) is 5. The summed E-state index contributed by atoms with van der Waals surface area (Å²) in [5.74, 6) is -0.00873. The maximum absolute atomic E-state index is 10.0. The lowest BCUT2D eigenvalue weighted by Crippen LogP contribution is -2.33. The lowest BCUT2D eigenvalue weighted by Gasteiger charge is -2.31. The fourth-order valence-electron chi connectivity index (χ4n) is 1.61. The second kappa shape index (κ2) is 6.33. The van der Waals surface area contributed by atoms with Gasteiger partial charge in [0.25, 0.3) is 0 Å². The van der Waals surface area contributed by atoms with E-state index in [1.165, 1.54) is 6.20 Å². The fourth-order valence-corrected chi connectivity index (χ4v) is 1.61. The monoisotopic (exact) mass is 276 g/mol. The van der Waals surface area contributed by atoms with Gasteiger partial charge in [-0.3, -0.25) is 4.98 Å². The lowest BCUT2D eigenvalue weighted by molar-refractivity contribution is 0.130. The van der Waals surface area contributed by atoms with Crippen molar-refractivity contribution >= 4 is 12.4 Å². The van der Waals surface area contributed by atoms with E-state index in [1.807, 2.05) is 0 Å². The van der Waals surface area contributed by atoms with Crippen molar-refractivity contribution < 1.29 is 15.3 Å². The highest BCUT2D eigenvalue weighted by Crippen LogP contribution is 2.38. The predicted molar refractivity (Wildman–Crippen MR) is 71.6 cm³/mol. The highest BCUT2D eigenvalue weighted by atomic mass is 35.5. The van der Waals surface area contributed by atoms with Crippen molar-refractivity contribution in [2.45, 2.75) is 33.4 Å². The first kappa shape index (κ1) is 17.1. The Morgan fingerprint density at radius 3 is 2.39 bits per heavy atom. The molecule has 5 nitrogen and oxygen atoms in total. The van der Waals surface area contributed by atoms with Gasteiger partial charge in [-0.05, 0) is 6.92 Å². The molecule has 0 spiro atoms. The maximum atomic E-state index is 10.0. The second-order valence-corrected chi connectivity index (χ2v) is 4.91. The molecule has 0 aliphatic heterocycles. The zero-order valence-electron chi connectivity index (χ0n) is 10.8. The molecule has 0 saturated heterocycles. The summed E-state index contributed by atoms with van der Waals surface area (Å²) in [6, 6.07) is -0.573. The van der Waals surface area contributed by atoms with Crippen LogP contribution in [0.2, 0.25) is 0 Å². The zero-order chi connectivity index (χ0) is 13.2. The van der Waals surface area contributed by atoms with Gasteiger partial charge in [0.15, 0.2) is 0 Å². The topological polar surface area (TPSA) is 99.6 Å². The SMILES string of the molecule is Cc1ncc(CO)c([C@H](N)C(C)(C)CO)c1O.Cl. The molecule has 0 amide bonds. The third-order valence-electron chi connectivity index (χ3n) is 3.09. The molecule has 0 aliphatic rings. The van der Waals surface area contributed by atoms with Crippen LogP contribution in [0.5, 0.6) is 5.75 Å². The largest absolute Gasteiger partial charge is 0.506 e. The summed E-state index contributed by atoms with van der Waals surface area (Å²) in [7, 11) is 0. The van der Waals surface area contributed by atoms with Crippen LogP contribution < -0.4 is 5.73 Å². The van der Waals surface area contributed by atoms with E-state index in [1.54, 1.807) is 20.8 Å². The van der Waals surface area contributed by atoms with Gasteiger partial charge in [-0.25, -0.2) is 0 Å². The molecule has 5 N–H and O–H groups in total. The second-order valence-electron chi connectivity index (χ2n) is 4.91. The molecule has 0 aliphatic carbocycles. The lowest BCUT2D eigenvalue weighted by atomic mass is 9.80. The number of aromatic nitrogens is 1. The van der Waals surface area contributed by atoms with Crippen molar-refractivity contribution in [3.63, 3.8) is 0 Å². The average molecular weight is 277 g/mol. The van der Waals surface area contributed by atoms with E-state index in [0.717, 1.165) is 0 Å². The maximum Gasteiger partial charge on any atom is 0.141 e.